The Kier molecular flexibility index (Phi) is 4.39. The Labute approximate surface area is 120 Å². The molecule has 2 rings (SSSR count). The first-order valence-electron chi connectivity index (χ1n) is 6.73. The van der Waals surface area contributed by atoms with Crippen molar-refractivity contribution in [3.63, 3.8) is 0 Å². The van der Waals surface area contributed by atoms with E-state index in [-0.39, 0.29) is 17.9 Å². The summed E-state index contributed by atoms with van der Waals surface area (Å²) in [5.41, 5.74) is -0.808. The first-order valence-corrected chi connectivity index (χ1v) is 6.73. The number of hydrogen-bond donors (Lipinski definition) is 0. The van der Waals surface area contributed by atoms with Gasteiger partial charge in [0.25, 0.3) is 0 Å². The summed E-state index contributed by atoms with van der Waals surface area (Å²) in [4.78, 5) is 17.0. The normalized spacial score (nSPS) is 16.0. The van der Waals surface area contributed by atoms with Crippen LogP contribution in [0.5, 0.6) is 5.88 Å². The van der Waals surface area contributed by atoms with Crippen molar-refractivity contribution >= 4 is 5.91 Å². The summed E-state index contributed by atoms with van der Waals surface area (Å²) in [5, 5.41) is 0. The van der Waals surface area contributed by atoms with Crippen molar-refractivity contribution in [3.8, 4) is 5.88 Å². The zero-order valence-electron chi connectivity index (χ0n) is 11.9. The number of aromatic nitrogens is 1. The number of alkyl halides is 3. The first-order chi connectivity index (χ1) is 9.75. The van der Waals surface area contributed by atoms with Crippen LogP contribution in [0, 0.1) is 5.92 Å². The van der Waals surface area contributed by atoms with Crippen LogP contribution in [0.3, 0.4) is 0 Å². The molecule has 0 unspecified atom stereocenters. The molecule has 4 nitrogen and oxygen atoms in total. The molecule has 0 radical (unpaired) electrons. The second kappa shape index (κ2) is 5.91. The Balaban J connectivity index is 1.81. The molecule has 0 aromatic carbocycles. The molecule has 0 aliphatic carbocycles. The Hall–Kier alpha value is -1.79. The van der Waals surface area contributed by atoms with Crippen LogP contribution in [-0.2, 0) is 11.0 Å². The van der Waals surface area contributed by atoms with Crippen LogP contribution in [0.2, 0.25) is 0 Å². The fourth-order valence-corrected chi connectivity index (χ4v) is 1.98. The summed E-state index contributed by atoms with van der Waals surface area (Å²) in [5.74, 6) is 0.517. The van der Waals surface area contributed by atoms with Gasteiger partial charge in [0.05, 0.1) is 18.7 Å². The minimum atomic E-state index is -4.40. The van der Waals surface area contributed by atoms with Gasteiger partial charge in [-0.1, -0.05) is 13.8 Å². The standard InChI is InChI=1S/C14H17F3N2O2/c1-9(2)5-13(20)19-7-11(8-19)21-12-4-3-10(6-18-12)14(15,16)17/h3-4,6,9,11H,5,7-8H2,1-2H3. The maximum Gasteiger partial charge on any atom is 0.417 e. The molecule has 1 saturated heterocycles. The fraction of sp³-hybridized carbons (Fsp3) is 0.571. The Morgan fingerprint density at radius 2 is 2.10 bits per heavy atom. The molecule has 21 heavy (non-hydrogen) atoms. The van der Waals surface area contributed by atoms with Crippen molar-refractivity contribution in [2.75, 3.05) is 13.1 Å². The van der Waals surface area contributed by atoms with Crippen LogP contribution in [0.15, 0.2) is 18.3 Å². The third-order valence-corrected chi connectivity index (χ3v) is 3.13. The van der Waals surface area contributed by atoms with Crippen LogP contribution in [0.4, 0.5) is 13.2 Å². The smallest absolute Gasteiger partial charge is 0.417 e. The van der Waals surface area contributed by atoms with Crippen molar-refractivity contribution in [2.45, 2.75) is 32.5 Å². The van der Waals surface area contributed by atoms with E-state index in [1.807, 2.05) is 13.8 Å². The monoisotopic (exact) mass is 302 g/mol. The SMILES string of the molecule is CC(C)CC(=O)N1CC(Oc2ccc(C(F)(F)F)cn2)C1. The number of nitrogens with zero attached hydrogens (tertiary/aromatic N) is 2. The highest BCUT2D eigenvalue weighted by atomic mass is 19.4. The largest absolute Gasteiger partial charge is 0.471 e. The summed E-state index contributed by atoms with van der Waals surface area (Å²) in [7, 11) is 0. The van der Waals surface area contributed by atoms with Gasteiger partial charge >= 0.3 is 6.18 Å². The van der Waals surface area contributed by atoms with Gasteiger partial charge in [0.15, 0.2) is 0 Å². The van der Waals surface area contributed by atoms with Gasteiger partial charge < -0.3 is 9.64 Å². The van der Waals surface area contributed by atoms with Gasteiger partial charge in [-0.3, -0.25) is 4.79 Å². The van der Waals surface area contributed by atoms with Crippen molar-refractivity contribution in [2.24, 2.45) is 5.92 Å². The minimum absolute atomic E-state index is 0.0743. The maximum absolute atomic E-state index is 12.4. The molecule has 1 aromatic heterocycles. The van der Waals surface area contributed by atoms with Crippen LogP contribution >= 0.6 is 0 Å². The molecule has 116 valence electrons. The van der Waals surface area contributed by atoms with Gasteiger partial charge in [-0.15, -0.1) is 0 Å². The predicted octanol–water partition coefficient (Wildman–Crippen LogP) is 2.74. The second-order valence-electron chi connectivity index (χ2n) is 5.52. The summed E-state index contributed by atoms with van der Waals surface area (Å²) in [6, 6.07) is 2.13. The van der Waals surface area contributed by atoms with Crippen LogP contribution in [0.1, 0.15) is 25.8 Å². The summed E-state index contributed by atoms with van der Waals surface area (Å²) >= 11 is 0. The van der Waals surface area contributed by atoms with E-state index >= 15 is 0 Å². The molecule has 7 heteroatoms. The van der Waals surface area contributed by atoms with Gasteiger partial charge in [0.2, 0.25) is 11.8 Å². The van der Waals surface area contributed by atoms with E-state index < -0.39 is 11.7 Å². The number of hydrogen-bond acceptors (Lipinski definition) is 3. The van der Waals surface area contributed by atoms with Crippen molar-refractivity contribution in [1.29, 1.82) is 0 Å². The molecule has 1 aliphatic heterocycles. The third-order valence-electron chi connectivity index (χ3n) is 3.13. The van der Waals surface area contributed by atoms with Crippen molar-refractivity contribution in [1.82, 2.24) is 9.88 Å². The Morgan fingerprint density at radius 1 is 1.43 bits per heavy atom. The number of carbonyl (C=O) groups excluding carboxylic acids is 1. The van der Waals surface area contributed by atoms with E-state index in [1.54, 1.807) is 4.90 Å². The van der Waals surface area contributed by atoms with Gasteiger partial charge in [-0.2, -0.15) is 13.2 Å². The summed E-state index contributed by atoms with van der Waals surface area (Å²) in [6.07, 6.45) is -3.37. The number of rotatable bonds is 4. The minimum Gasteiger partial charge on any atom is -0.471 e. The van der Waals surface area contributed by atoms with Gasteiger partial charge in [-0.25, -0.2) is 4.98 Å². The van der Waals surface area contributed by atoms with E-state index in [4.69, 9.17) is 4.74 Å². The third kappa shape index (κ3) is 4.09. The quantitative estimate of drug-likeness (QED) is 0.859. The molecule has 2 heterocycles. The van der Waals surface area contributed by atoms with Gasteiger partial charge in [0.1, 0.15) is 6.10 Å². The molecular weight excluding hydrogens is 285 g/mol. The van der Waals surface area contributed by atoms with Crippen molar-refractivity contribution < 1.29 is 22.7 Å². The number of pyridine rings is 1. The van der Waals surface area contributed by atoms with E-state index in [9.17, 15) is 18.0 Å². The fourth-order valence-electron chi connectivity index (χ4n) is 1.98. The van der Waals surface area contributed by atoms with E-state index in [0.29, 0.717) is 25.4 Å². The van der Waals surface area contributed by atoms with Crippen LogP contribution < -0.4 is 4.74 Å². The molecule has 0 N–H and O–H groups in total. The highest BCUT2D eigenvalue weighted by Crippen LogP contribution is 2.29. The van der Waals surface area contributed by atoms with Gasteiger partial charge in [-0.05, 0) is 12.0 Å². The number of carbonyl (C=O) groups is 1. The molecule has 1 amide bonds. The molecule has 1 aliphatic rings. The average Bonchev–Trinajstić information content (AvgIpc) is 2.31. The molecule has 0 saturated carbocycles. The number of likely N-dealkylation sites (tertiary alicyclic amines) is 1. The van der Waals surface area contributed by atoms with Crippen LogP contribution in [-0.4, -0.2) is 35.0 Å². The molecule has 0 spiro atoms. The highest BCUT2D eigenvalue weighted by molar-refractivity contribution is 5.77. The van der Waals surface area contributed by atoms with Crippen LogP contribution in [0.25, 0.3) is 0 Å². The number of halogens is 3. The zero-order chi connectivity index (χ0) is 15.6. The van der Waals surface area contributed by atoms with Gasteiger partial charge in [0, 0.05) is 18.7 Å². The topological polar surface area (TPSA) is 42.4 Å². The number of ether oxygens (including phenoxy) is 1. The molecule has 0 atom stereocenters. The van der Waals surface area contributed by atoms with Crippen molar-refractivity contribution in [3.05, 3.63) is 23.9 Å². The molecular formula is C14H17F3N2O2. The lowest BCUT2D eigenvalue weighted by molar-refractivity contribution is -0.141. The van der Waals surface area contributed by atoms with E-state index in [1.165, 1.54) is 6.07 Å². The maximum atomic E-state index is 12.4. The lowest BCUT2D eigenvalue weighted by Crippen LogP contribution is -2.56. The lowest BCUT2D eigenvalue weighted by Gasteiger charge is -2.39. The Morgan fingerprint density at radius 3 is 2.57 bits per heavy atom. The van der Waals surface area contributed by atoms with E-state index in [0.717, 1.165) is 12.3 Å². The second-order valence-corrected chi connectivity index (χ2v) is 5.52. The highest BCUT2D eigenvalue weighted by Gasteiger charge is 2.33. The van der Waals surface area contributed by atoms with E-state index in [2.05, 4.69) is 4.98 Å². The predicted molar refractivity (Wildman–Crippen MR) is 69.7 cm³/mol. The lowest BCUT2D eigenvalue weighted by atomic mass is 10.1. The Bertz CT molecular complexity index is 494. The summed E-state index contributed by atoms with van der Waals surface area (Å²) in [6.45, 7) is 4.85. The molecule has 1 fully saturated rings. The molecule has 0 bridgehead atoms. The number of amides is 1. The zero-order valence-corrected chi connectivity index (χ0v) is 11.9. The molecule has 1 aromatic rings. The summed E-state index contributed by atoms with van der Waals surface area (Å²) < 4.78 is 42.6. The average molecular weight is 302 g/mol. The first kappa shape index (κ1) is 15.6.